The molecule has 0 spiro atoms. The van der Waals surface area contributed by atoms with Crippen molar-refractivity contribution in [2.45, 2.75) is 6.92 Å². The Bertz CT molecular complexity index is 327. The number of piperazine rings is 1. The third-order valence-electron chi connectivity index (χ3n) is 2.33. The standard InChI is InChI=1S/C9H14N4O/c1-7-6-8(12-11-7)9(14)13-4-2-10-3-5-13/h6,10H,2-5H2,1H3,(H,11,12). The van der Waals surface area contributed by atoms with Gasteiger partial charge in [0.25, 0.3) is 5.91 Å². The summed E-state index contributed by atoms with van der Waals surface area (Å²) in [5.74, 6) is 0.0239. The molecule has 0 aromatic carbocycles. The Balaban J connectivity index is 2.07. The number of carbonyl (C=O) groups excluding carboxylic acids is 1. The summed E-state index contributed by atoms with van der Waals surface area (Å²) in [6, 6.07) is 1.78. The van der Waals surface area contributed by atoms with Crippen LogP contribution in [0.5, 0.6) is 0 Å². The van der Waals surface area contributed by atoms with Gasteiger partial charge in [-0.05, 0) is 13.0 Å². The molecule has 1 aliphatic rings. The second kappa shape index (κ2) is 3.79. The van der Waals surface area contributed by atoms with Gasteiger partial charge in [0.05, 0.1) is 0 Å². The quantitative estimate of drug-likeness (QED) is 0.649. The Morgan fingerprint density at radius 1 is 1.50 bits per heavy atom. The van der Waals surface area contributed by atoms with E-state index in [9.17, 15) is 4.79 Å². The first-order chi connectivity index (χ1) is 6.77. The Morgan fingerprint density at radius 2 is 2.21 bits per heavy atom. The highest BCUT2D eigenvalue weighted by Crippen LogP contribution is 2.04. The van der Waals surface area contributed by atoms with E-state index >= 15 is 0 Å². The first kappa shape index (κ1) is 9.21. The Labute approximate surface area is 82.5 Å². The minimum Gasteiger partial charge on any atom is -0.335 e. The summed E-state index contributed by atoms with van der Waals surface area (Å²) >= 11 is 0. The number of nitrogens with one attached hydrogen (secondary N) is 2. The minimum atomic E-state index is 0.0239. The largest absolute Gasteiger partial charge is 0.335 e. The van der Waals surface area contributed by atoms with Crippen molar-refractivity contribution in [1.82, 2.24) is 20.4 Å². The van der Waals surface area contributed by atoms with Crippen molar-refractivity contribution in [3.8, 4) is 0 Å². The van der Waals surface area contributed by atoms with Crippen LogP contribution in [0.1, 0.15) is 16.2 Å². The van der Waals surface area contributed by atoms with Gasteiger partial charge in [-0.1, -0.05) is 0 Å². The van der Waals surface area contributed by atoms with Crippen LogP contribution in [0.2, 0.25) is 0 Å². The molecule has 14 heavy (non-hydrogen) atoms. The van der Waals surface area contributed by atoms with Crippen molar-refractivity contribution in [3.63, 3.8) is 0 Å². The number of H-pyrrole nitrogens is 1. The Hall–Kier alpha value is -1.36. The van der Waals surface area contributed by atoms with E-state index in [2.05, 4.69) is 15.5 Å². The maximum absolute atomic E-state index is 11.8. The topological polar surface area (TPSA) is 61.0 Å². The second-order valence-corrected chi connectivity index (χ2v) is 3.48. The van der Waals surface area contributed by atoms with E-state index in [1.165, 1.54) is 0 Å². The van der Waals surface area contributed by atoms with E-state index in [0.29, 0.717) is 5.69 Å². The normalized spacial score (nSPS) is 17.1. The summed E-state index contributed by atoms with van der Waals surface area (Å²) in [5, 5.41) is 9.93. The van der Waals surface area contributed by atoms with Crippen molar-refractivity contribution in [2.75, 3.05) is 26.2 Å². The highest BCUT2D eigenvalue weighted by Gasteiger charge is 2.19. The average molecular weight is 194 g/mol. The van der Waals surface area contributed by atoms with E-state index < -0.39 is 0 Å². The maximum atomic E-state index is 11.8. The van der Waals surface area contributed by atoms with Crippen LogP contribution in [0.25, 0.3) is 0 Å². The van der Waals surface area contributed by atoms with E-state index in [-0.39, 0.29) is 5.91 Å². The third kappa shape index (κ3) is 1.77. The lowest BCUT2D eigenvalue weighted by Crippen LogP contribution is -2.46. The number of amides is 1. The van der Waals surface area contributed by atoms with Gasteiger partial charge in [-0.3, -0.25) is 9.89 Å². The molecule has 0 radical (unpaired) electrons. The fourth-order valence-corrected chi connectivity index (χ4v) is 1.56. The summed E-state index contributed by atoms with van der Waals surface area (Å²) in [5.41, 5.74) is 1.44. The molecule has 2 N–H and O–H groups in total. The number of hydrogen-bond acceptors (Lipinski definition) is 3. The molecule has 1 aliphatic heterocycles. The number of aryl methyl sites for hydroxylation is 1. The van der Waals surface area contributed by atoms with Crippen LogP contribution in [0.3, 0.4) is 0 Å². The summed E-state index contributed by atoms with van der Waals surface area (Å²) in [6.07, 6.45) is 0. The van der Waals surface area contributed by atoms with Crippen LogP contribution < -0.4 is 5.32 Å². The molecule has 0 saturated carbocycles. The van der Waals surface area contributed by atoms with Crippen LogP contribution in [0.15, 0.2) is 6.07 Å². The number of aromatic nitrogens is 2. The first-order valence-corrected chi connectivity index (χ1v) is 4.79. The van der Waals surface area contributed by atoms with E-state index in [4.69, 9.17) is 0 Å². The van der Waals surface area contributed by atoms with Gasteiger partial charge >= 0.3 is 0 Å². The molecule has 5 nitrogen and oxygen atoms in total. The Morgan fingerprint density at radius 3 is 2.79 bits per heavy atom. The molecular formula is C9H14N4O. The van der Waals surface area contributed by atoms with E-state index in [1.54, 1.807) is 6.07 Å². The van der Waals surface area contributed by atoms with Crippen LogP contribution in [0.4, 0.5) is 0 Å². The van der Waals surface area contributed by atoms with Crippen LogP contribution >= 0.6 is 0 Å². The molecule has 0 unspecified atom stereocenters. The SMILES string of the molecule is Cc1cc(C(=O)N2CCNCC2)n[nH]1. The van der Waals surface area contributed by atoms with Crippen molar-refractivity contribution < 1.29 is 4.79 Å². The molecule has 0 atom stereocenters. The third-order valence-corrected chi connectivity index (χ3v) is 2.33. The lowest BCUT2D eigenvalue weighted by molar-refractivity contribution is 0.0730. The molecule has 1 aromatic heterocycles. The zero-order chi connectivity index (χ0) is 9.97. The van der Waals surface area contributed by atoms with E-state index in [0.717, 1.165) is 31.9 Å². The van der Waals surface area contributed by atoms with Crippen molar-refractivity contribution in [2.24, 2.45) is 0 Å². The van der Waals surface area contributed by atoms with Crippen molar-refractivity contribution >= 4 is 5.91 Å². The number of aromatic amines is 1. The summed E-state index contributed by atoms with van der Waals surface area (Å²) in [4.78, 5) is 13.7. The Kier molecular flexibility index (Phi) is 2.49. The number of hydrogen-bond donors (Lipinski definition) is 2. The van der Waals surface area contributed by atoms with E-state index in [1.807, 2.05) is 11.8 Å². The number of nitrogens with zero attached hydrogens (tertiary/aromatic N) is 2. The van der Waals surface area contributed by atoms with Crippen molar-refractivity contribution in [1.29, 1.82) is 0 Å². The van der Waals surface area contributed by atoms with Gasteiger partial charge in [0.1, 0.15) is 5.69 Å². The molecular weight excluding hydrogens is 180 g/mol. The molecule has 0 aliphatic carbocycles. The summed E-state index contributed by atoms with van der Waals surface area (Å²) < 4.78 is 0. The summed E-state index contributed by atoms with van der Waals surface area (Å²) in [6.45, 7) is 5.17. The molecule has 2 heterocycles. The molecule has 1 fully saturated rings. The van der Waals surface area contributed by atoms with Crippen molar-refractivity contribution in [3.05, 3.63) is 17.5 Å². The number of carbonyl (C=O) groups is 1. The minimum absolute atomic E-state index is 0.0239. The molecule has 0 bridgehead atoms. The molecule has 76 valence electrons. The highest BCUT2D eigenvalue weighted by atomic mass is 16.2. The monoisotopic (exact) mass is 194 g/mol. The smallest absolute Gasteiger partial charge is 0.274 e. The fraction of sp³-hybridized carbons (Fsp3) is 0.556. The molecule has 1 amide bonds. The number of rotatable bonds is 1. The van der Waals surface area contributed by atoms with Gasteiger partial charge in [-0.2, -0.15) is 5.10 Å². The second-order valence-electron chi connectivity index (χ2n) is 3.48. The van der Waals surface area contributed by atoms with Crippen LogP contribution in [-0.2, 0) is 0 Å². The molecule has 2 rings (SSSR count). The van der Waals surface area contributed by atoms with Crippen LogP contribution in [0, 0.1) is 6.92 Å². The lowest BCUT2D eigenvalue weighted by Gasteiger charge is -2.26. The molecule has 5 heteroatoms. The average Bonchev–Trinajstić information content (AvgIpc) is 2.65. The zero-order valence-corrected chi connectivity index (χ0v) is 8.21. The van der Waals surface area contributed by atoms with Gasteiger partial charge in [0.15, 0.2) is 0 Å². The highest BCUT2D eigenvalue weighted by molar-refractivity contribution is 5.92. The molecule has 1 saturated heterocycles. The first-order valence-electron chi connectivity index (χ1n) is 4.79. The summed E-state index contributed by atoms with van der Waals surface area (Å²) in [7, 11) is 0. The van der Waals surface area contributed by atoms with Gasteiger partial charge in [0, 0.05) is 31.9 Å². The molecule has 1 aromatic rings. The van der Waals surface area contributed by atoms with Gasteiger partial charge < -0.3 is 10.2 Å². The van der Waals surface area contributed by atoms with Gasteiger partial charge in [0.2, 0.25) is 0 Å². The van der Waals surface area contributed by atoms with Crippen LogP contribution in [-0.4, -0.2) is 47.2 Å². The fourth-order valence-electron chi connectivity index (χ4n) is 1.56. The van der Waals surface area contributed by atoms with Gasteiger partial charge in [-0.15, -0.1) is 0 Å². The predicted molar refractivity (Wildman–Crippen MR) is 52.1 cm³/mol. The predicted octanol–water partition coefficient (Wildman–Crippen LogP) is -0.236. The van der Waals surface area contributed by atoms with Gasteiger partial charge in [-0.25, -0.2) is 0 Å². The lowest BCUT2D eigenvalue weighted by atomic mass is 10.3. The maximum Gasteiger partial charge on any atom is 0.274 e. The zero-order valence-electron chi connectivity index (χ0n) is 8.21.